The number of benzene rings is 2. The van der Waals surface area contributed by atoms with E-state index in [1.54, 1.807) is 35.6 Å². The van der Waals surface area contributed by atoms with Crippen LogP contribution in [0.5, 0.6) is 0 Å². The van der Waals surface area contributed by atoms with Crippen LogP contribution in [0.4, 0.5) is 0 Å². The second-order valence-corrected chi connectivity index (χ2v) is 11.5. The summed E-state index contributed by atoms with van der Waals surface area (Å²) in [6.07, 6.45) is 6.40. The summed E-state index contributed by atoms with van der Waals surface area (Å²) in [5.74, 6) is -0.0206. The van der Waals surface area contributed by atoms with E-state index in [-0.39, 0.29) is 23.9 Å². The zero-order chi connectivity index (χ0) is 29.8. The molecular weight excluding hydrogens is 542 g/mol. The van der Waals surface area contributed by atoms with Crippen LogP contribution in [0.25, 0.3) is 11.3 Å². The highest BCUT2D eigenvalue weighted by atomic mass is 16.3. The second kappa shape index (κ2) is 12.9. The maximum atomic E-state index is 14.0. The van der Waals surface area contributed by atoms with Crippen molar-refractivity contribution in [2.45, 2.75) is 63.3 Å². The average molecular weight is 580 g/mol. The number of pyridine rings is 1. The lowest BCUT2D eigenvalue weighted by atomic mass is 9.94. The van der Waals surface area contributed by atoms with Gasteiger partial charge in [-0.2, -0.15) is 0 Å². The lowest BCUT2D eigenvalue weighted by Crippen LogP contribution is -2.52. The Labute approximate surface area is 251 Å². The molecule has 3 N–H and O–H groups in total. The van der Waals surface area contributed by atoms with Crippen LogP contribution in [-0.2, 0) is 6.42 Å². The minimum atomic E-state index is -0.777. The summed E-state index contributed by atoms with van der Waals surface area (Å²) >= 11 is 0. The van der Waals surface area contributed by atoms with Gasteiger partial charge in [0.25, 0.3) is 11.8 Å². The number of hydrogen-bond acceptors (Lipinski definition) is 7. The van der Waals surface area contributed by atoms with Crippen molar-refractivity contribution < 1.29 is 19.1 Å². The van der Waals surface area contributed by atoms with Crippen LogP contribution in [0.2, 0.25) is 0 Å². The van der Waals surface area contributed by atoms with Crippen molar-refractivity contribution in [3.8, 4) is 11.3 Å². The van der Waals surface area contributed by atoms with Crippen LogP contribution in [0.15, 0.2) is 83.6 Å². The summed E-state index contributed by atoms with van der Waals surface area (Å²) in [6.45, 7) is 3.27. The van der Waals surface area contributed by atoms with Crippen LogP contribution >= 0.6 is 0 Å². The molecule has 0 spiro atoms. The topological polar surface area (TPSA) is 121 Å². The van der Waals surface area contributed by atoms with Crippen molar-refractivity contribution in [3.05, 3.63) is 107 Å². The van der Waals surface area contributed by atoms with Crippen molar-refractivity contribution in [1.82, 2.24) is 25.5 Å². The normalized spacial score (nSPS) is 19.7. The van der Waals surface area contributed by atoms with Gasteiger partial charge in [0.1, 0.15) is 12.3 Å². The van der Waals surface area contributed by atoms with E-state index in [2.05, 4.69) is 20.6 Å². The molecule has 1 unspecified atom stereocenters. The molecule has 2 aliphatic heterocycles. The molecule has 4 heterocycles. The van der Waals surface area contributed by atoms with Gasteiger partial charge < -0.3 is 25.1 Å². The Bertz CT molecular complexity index is 1550. The summed E-state index contributed by atoms with van der Waals surface area (Å²) in [7, 11) is 0. The van der Waals surface area contributed by atoms with E-state index in [9.17, 15) is 14.7 Å². The molecule has 2 aliphatic rings. The minimum Gasteiger partial charge on any atom is -0.446 e. The Morgan fingerprint density at radius 3 is 2.60 bits per heavy atom. The van der Waals surface area contributed by atoms with Gasteiger partial charge in [-0.3, -0.25) is 14.6 Å². The molecule has 6 rings (SSSR count). The molecule has 43 heavy (non-hydrogen) atoms. The summed E-state index contributed by atoms with van der Waals surface area (Å²) in [5, 5.41) is 17.8. The van der Waals surface area contributed by atoms with E-state index in [1.165, 1.54) is 0 Å². The van der Waals surface area contributed by atoms with Crippen molar-refractivity contribution in [2.24, 2.45) is 0 Å². The van der Waals surface area contributed by atoms with E-state index in [0.717, 1.165) is 43.5 Å². The quantitative estimate of drug-likeness (QED) is 0.268. The molecule has 2 amide bonds. The number of aliphatic hydroxyl groups is 1. The SMILES string of the molecule is Cc1coc([C@H]2CCCN2C(=O)c2cc(C(=O)NC(Cc3ccccc3)[C@H](O)[C@@H]3CCCN3)cc(-c3ccccn3)c2)n1. The fourth-order valence-electron chi connectivity index (χ4n) is 6.18. The van der Waals surface area contributed by atoms with Gasteiger partial charge >= 0.3 is 0 Å². The Hall–Kier alpha value is -4.34. The highest BCUT2D eigenvalue weighted by molar-refractivity contribution is 6.01. The fourth-order valence-corrected chi connectivity index (χ4v) is 6.18. The molecule has 2 fully saturated rings. The molecule has 222 valence electrons. The molecule has 2 aromatic carbocycles. The van der Waals surface area contributed by atoms with E-state index in [4.69, 9.17) is 4.42 Å². The largest absolute Gasteiger partial charge is 0.446 e. The number of carbonyl (C=O) groups is 2. The molecular formula is C34H37N5O4. The summed E-state index contributed by atoms with van der Waals surface area (Å²) in [5.41, 5.74) is 3.83. The maximum absolute atomic E-state index is 14.0. The van der Waals surface area contributed by atoms with Crippen LogP contribution in [-0.4, -0.2) is 63.1 Å². The zero-order valence-electron chi connectivity index (χ0n) is 24.3. The van der Waals surface area contributed by atoms with Gasteiger partial charge in [-0.1, -0.05) is 36.4 Å². The van der Waals surface area contributed by atoms with Crippen molar-refractivity contribution >= 4 is 11.8 Å². The summed E-state index contributed by atoms with van der Waals surface area (Å²) in [6, 6.07) is 19.7. The Morgan fingerprint density at radius 2 is 1.88 bits per heavy atom. The molecule has 4 atom stereocenters. The molecule has 9 nitrogen and oxygen atoms in total. The number of likely N-dealkylation sites (tertiary alicyclic amines) is 1. The van der Waals surface area contributed by atoms with Crippen LogP contribution in [0.1, 0.15) is 69.6 Å². The van der Waals surface area contributed by atoms with E-state index >= 15 is 0 Å². The number of nitrogens with zero attached hydrogens (tertiary/aromatic N) is 3. The number of aliphatic hydroxyl groups excluding tert-OH is 1. The zero-order valence-corrected chi connectivity index (χ0v) is 24.3. The molecule has 2 saturated heterocycles. The molecule has 0 radical (unpaired) electrons. The lowest BCUT2D eigenvalue weighted by molar-refractivity contribution is 0.0715. The molecule has 4 aromatic rings. The Balaban J connectivity index is 1.32. The summed E-state index contributed by atoms with van der Waals surface area (Å²) < 4.78 is 5.67. The first-order valence-electron chi connectivity index (χ1n) is 15.0. The molecule has 0 bridgehead atoms. The first-order chi connectivity index (χ1) is 21.0. The molecule has 0 aliphatic carbocycles. The number of aromatic nitrogens is 2. The number of amides is 2. The van der Waals surface area contributed by atoms with Crippen LogP contribution in [0.3, 0.4) is 0 Å². The van der Waals surface area contributed by atoms with Gasteiger partial charge in [-0.25, -0.2) is 4.98 Å². The third-order valence-electron chi connectivity index (χ3n) is 8.38. The second-order valence-electron chi connectivity index (χ2n) is 11.5. The van der Waals surface area contributed by atoms with Gasteiger partial charge in [0.2, 0.25) is 5.89 Å². The average Bonchev–Trinajstić information content (AvgIpc) is 3.83. The van der Waals surface area contributed by atoms with Crippen LogP contribution < -0.4 is 10.6 Å². The molecule has 2 aromatic heterocycles. The number of hydrogen-bond donors (Lipinski definition) is 3. The van der Waals surface area contributed by atoms with Crippen molar-refractivity contribution in [3.63, 3.8) is 0 Å². The van der Waals surface area contributed by atoms with Crippen molar-refractivity contribution in [2.75, 3.05) is 13.1 Å². The fraction of sp³-hybridized carbons (Fsp3) is 0.353. The van der Waals surface area contributed by atoms with Gasteiger partial charge in [0.15, 0.2) is 0 Å². The number of rotatable bonds is 9. The van der Waals surface area contributed by atoms with Crippen LogP contribution in [0, 0.1) is 6.92 Å². The van der Waals surface area contributed by atoms with Crippen molar-refractivity contribution in [1.29, 1.82) is 0 Å². The highest BCUT2D eigenvalue weighted by Crippen LogP contribution is 2.33. The smallest absolute Gasteiger partial charge is 0.254 e. The van der Waals surface area contributed by atoms with Gasteiger partial charge in [0, 0.05) is 35.5 Å². The number of aryl methyl sites for hydroxylation is 1. The predicted octanol–water partition coefficient (Wildman–Crippen LogP) is 4.48. The van der Waals surface area contributed by atoms with Gasteiger partial charge in [-0.15, -0.1) is 0 Å². The minimum absolute atomic E-state index is 0.100. The third-order valence-corrected chi connectivity index (χ3v) is 8.38. The monoisotopic (exact) mass is 579 g/mol. The Kier molecular flexibility index (Phi) is 8.62. The molecule has 9 heteroatoms. The third kappa shape index (κ3) is 6.53. The standard InChI is InChI=1S/C34H37N5O4/c1-22-21-43-33(37-22)30-13-8-16-39(30)34(42)26-19-24(27-11-5-6-14-35-27)18-25(20-26)32(41)38-29(17-23-9-3-2-4-10-23)31(40)28-12-7-15-36-28/h2-6,9-11,14,18-21,28-31,36,40H,7-8,12-13,15-17H2,1H3,(H,38,41)/t28-,29?,30+,31+/m0/s1. The summed E-state index contributed by atoms with van der Waals surface area (Å²) in [4.78, 5) is 38.7. The number of carbonyl (C=O) groups excluding carboxylic acids is 2. The predicted molar refractivity (Wildman–Crippen MR) is 162 cm³/mol. The van der Waals surface area contributed by atoms with E-state index < -0.39 is 12.1 Å². The number of oxazole rings is 1. The maximum Gasteiger partial charge on any atom is 0.254 e. The van der Waals surface area contributed by atoms with E-state index in [1.807, 2.05) is 55.5 Å². The first kappa shape index (κ1) is 28.8. The highest BCUT2D eigenvalue weighted by Gasteiger charge is 2.35. The lowest BCUT2D eigenvalue weighted by Gasteiger charge is -2.29. The number of nitrogens with one attached hydrogen (secondary N) is 2. The Morgan fingerprint density at radius 1 is 1.07 bits per heavy atom. The first-order valence-corrected chi connectivity index (χ1v) is 15.0. The van der Waals surface area contributed by atoms with E-state index in [0.29, 0.717) is 41.2 Å². The molecule has 0 saturated carbocycles. The van der Waals surface area contributed by atoms with Gasteiger partial charge in [0.05, 0.1) is 23.5 Å². The van der Waals surface area contributed by atoms with Gasteiger partial charge in [-0.05, 0) is 81.5 Å².